The van der Waals surface area contributed by atoms with Gasteiger partial charge in [-0.05, 0) is 18.8 Å². The largest absolute Gasteiger partial charge is 0.373 e. The lowest BCUT2D eigenvalue weighted by atomic mass is 10.1. The summed E-state index contributed by atoms with van der Waals surface area (Å²) < 4.78 is 5.43. The second-order valence-electron chi connectivity index (χ2n) is 4.46. The highest BCUT2D eigenvalue weighted by Crippen LogP contribution is 2.11. The van der Waals surface area contributed by atoms with Gasteiger partial charge in [0.2, 0.25) is 0 Å². The van der Waals surface area contributed by atoms with Gasteiger partial charge in [-0.1, -0.05) is 20.8 Å². The minimum atomic E-state index is 0.439. The molecule has 0 spiro atoms. The van der Waals surface area contributed by atoms with E-state index in [9.17, 15) is 0 Å². The molecule has 0 aliphatic carbocycles. The van der Waals surface area contributed by atoms with Gasteiger partial charge in [-0.2, -0.15) is 0 Å². The molecular weight excluding hydrogens is 216 g/mol. The quantitative estimate of drug-likeness (QED) is 0.431. The van der Waals surface area contributed by atoms with Crippen molar-refractivity contribution in [1.82, 2.24) is 9.97 Å². The van der Waals surface area contributed by atoms with Crippen LogP contribution in [0.4, 0.5) is 5.82 Å². The second-order valence-corrected chi connectivity index (χ2v) is 4.46. The van der Waals surface area contributed by atoms with Crippen molar-refractivity contribution in [3.63, 3.8) is 0 Å². The summed E-state index contributed by atoms with van der Waals surface area (Å²) in [4.78, 5) is 8.72. The topological polar surface area (TPSA) is 73.1 Å². The van der Waals surface area contributed by atoms with E-state index in [1.807, 2.05) is 6.07 Å². The molecule has 0 atom stereocenters. The van der Waals surface area contributed by atoms with Crippen molar-refractivity contribution in [3.8, 4) is 0 Å². The maximum atomic E-state index is 5.43. The van der Waals surface area contributed by atoms with Crippen molar-refractivity contribution in [1.29, 1.82) is 0 Å². The number of nitrogens with two attached hydrogens (primary N) is 1. The number of hydrazine groups is 1. The van der Waals surface area contributed by atoms with Gasteiger partial charge in [-0.25, -0.2) is 15.8 Å². The van der Waals surface area contributed by atoms with E-state index >= 15 is 0 Å². The van der Waals surface area contributed by atoms with E-state index in [1.165, 1.54) is 0 Å². The predicted octanol–water partition coefficient (Wildman–Crippen LogP) is 1.89. The van der Waals surface area contributed by atoms with Crippen LogP contribution in [0.2, 0.25) is 0 Å². The van der Waals surface area contributed by atoms with Crippen molar-refractivity contribution >= 4 is 5.82 Å². The third-order valence-corrected chi connectivity index (χ3v) is 2.17. The fourth-order valence-corrected chi connectivity index (χ4v) is 1.52. The Morgan fingerprint density at radius 3 is 2.76 bits per heavy atom. The van der Waals surface area contributed by atoms with Crippen LogP contribution in [0, 0.1) is 5.92 Å². The molecule has 0 amide bonds. The maximum Gasteiger partial charge on any atom is 0.156 e. The molecule has 96 valence electrons. The van der Waals surface area contributed by atoms with Gasteiger partial charge in [-0.3, -0.25) is 0 Å². The molecule has 0 unspecified atom stereocenters. The molecule has 0 bridgehead atoms. The summed E-state index contributed by atoms with van der Waals surface area (Å²) in [6.45, 7) is 7.55. The fraction of sp³-hybridized carbons (Fsp3) is 0.667. The van der Waals surface area contributed by atoms with Gasteiger partial charge in [0.25, 0.3) is 0 Å². The molecule has 0 saturated carbocycles. The molecular formula is C12H22N4O. The normalized spacial score (nSPS) is 10.9. The van der Waals surface area contributed by atoms with Crippen molar-refractivity contribution in [2.75, 3.05) is 12.0 Å². The van der Waals surface area contributed by atoms with Gasteiger partial charge in [-0.15, -0.1) is 0 Å². The van der Waals surface area contributed by atoms with E-state index in [2.05, 4.69) is 36.2 Å². The number of aromatic nitrogens is 2. The number of ether oxygens (including phenoxy) is 1. The first-order chi connectivity index (χ1) is 8.15. The number of hydrogen-bond donors (Lipinski definition) is 2. The van der Waals surface area contributed by atoms with Gasteiger partial charge in [0.05, 0.1) is 0 Å². The molecule has 3 N–H and O–H groups in total. The molecule has 0 saturated heterocycles. The summed E-state index contributed by atoms with van der Waals surface area (Å²) in [5.41, 5.74) is 3.56. The molecule has 1 rings (SSSR count). The summed E-state index contributed by atoms with van der Waals surface area (Å²) in [6, 6.07) is 1.88. The van der Waals surface area contributed by atoms with Crippen molar-refractivity contribution in [3.05, 3.63) is 17.6 Å². The summed E-state index contributed by atoms with van der Waals surface area (Å²) in [5, 5.41) is 0. The molecule has 1 aromatic heterocycles. The van der Waals surface area contributed by atoms with E-state index in [-0.39, 0.29) is 0 Å². The SMILES string of the molecule is CCCOCc1nc(CC(C)C)cc(NN)n1. The van der Waals surface area contributed by atoms with Crippen LogP contribution in [0.3, 0.4) is 0 Å². The zero-order chi connectivity index (χ0) is 12.7. The summed E-state index contributed by atoms with van der Waals surface area (Å²) in [7, 11) is 0. The summed E-state index contributed by atoms with van der Waals surface area (Å²) in [6.07, 6.45) is 1.91. The second kappa shape index (κ2) is 7.19. The van der Waals surface area contributed by atoms with Crippen molar-refractivity contribution in [2.24, 2.45) is 11.8 Å². The van der Waals surface area contributed by atoms with Gasteiger partial charge in [0.15, 0.2) is 5.82 Å². The van der Waals surface area contributed by atoms with Gasteiger partial charge in [0.1, 0.15) is 12.4 Å². The Balaban J connectivity index is 2.74. The Morgan fingerprint density at radius 2 is 2.18 bits per heavy atom. The zero-order valence-corrected chi connectivity index (χ0v) is 10.9. The summed E-state index contributed by atoms with van der Waals surface area (Å²) in [5.74, 6) is 7.28. The molecule has 17 heavy (non-hydrogen) atoms. The van der Waals surface area contributed by atoms with E-state index in [4.69, 9.17) is 10.6 Å². The van der Waals surface area contributed by atoms with Gasteiger partial charge in [0, 0.05) is 18.4 Å². The first-order valence-electron chi connectivity index (χ1n) is 6.06. The Hall–Kier alpha value is -1.20. The van der Waals surface area contributed by atoms with Crippen LogP contribution in [0.15, 0.2) is 6.07 Å². The molecule has 0 aromatic carbocycles. The molecule has 0 fully saturated rings. The van der Waals surface area contributed by atoms with Crippen LogP contribution in [0.1, 0.15) is 38.7 Å². The molecule has 1 heterocycles. The predicted molar refractivity (Wildman–Crippen MR) is 68.3 cm³/mol. The molecule has 0 aliphatic heterocycles. The Bertz CT molecular complexity index is 341. The molecule has 1 aromatic rings. The number of hydrogen-bond acceptors (Lipinski definition) is 5. The van der Waals surface area contributed by atoms with Crippen molar-refractivity contribution in [2.45, 2.75) is 40.2 Å². The monoisotopic (exact) mass is 238 g/mol. The standard InChI is InChI=1S/C12H22N4O/c1-4-5-17-8-12-14-10(6-9(2)3)7-11(15-12)16-13/h7,9H,4-6,8,13H2,1-3H3,(H,14,15,16). The van der Waals surface area contributed by atoms with E-state index in [0.29, 0.717) is 24.2 Å². The number of nitrogens with one attached hydrogen (secondary N) is 1. The highest BCUT2D eigenvalue weighted by atomic mass is 16.5. The number of nitrogen functional groups attached to an aromatic ring is 1. The lowest BCUT2D eigenvalue weighted by Gasteiger charge is -2.09. The number of rotatable bonds is 7. The third kappa shape index (κ3) is 5.10. The fourth-order valence-electron chi connectivity index (χ4n) is 1.52. The Morgan fingerprint density at radius 1 is 1.41 bits per heavy atom. The van der Waals surface area contributed by atoms with Gasteiger partial charge < -0.3 is 10.2 Å². The van der Waals surface area contributed by atoms with Crippen LogP contribution >= 0.6 is 0 Å². The number of nitrogens with zero attached hydrogens (tertiary/aromatic N) is 2. The van der Waals surface area contributed by atoms with Gasteiger partial charge >= 0.3 is 0 Å². The average Bonchev–Trinajstić information content (AvgIpc) is 2.28. The Labute approximate surface area is 103 Å². The Kier molecular flexibility index (Phi) is 5.86. The molecule has 5 heteroatoms. The number of anilines is 1. The van der Waals surface area contributed by atoms with Crippen LogP contribution in [0.5, 0.6) is 0 Å². The minimum Gasteiger partial charge on any atom is -0.373 e. The van der Waals surface area contributed by atoms with E-state index in [1.54, 1.807) is 0 Å². The van der Waals surface area contributed by atoms with Crippen LogP contribution < -0.4 is 11.3 Å². The first kappa shape index (κ1) is 13.9. The smallest absolute Gasteiger partial charge is 0.156 e. The van der Waals surface area contributed by atoms with E-state index in [0.717, 1.165) is 25.1 Å². The zero-order valence-electron chi connectivity index (χ0n) is 10.9. The third-order valence-electron chi connectivity index (χ3n) is 2.17. The maximum absolute atomic E-state index is 5.43. The first-order valence-corrected chi connectivity index (χ1v) is 6.06. The average molecular weight is 238 g/mol. The molecule has 0 aliphatic rings. The lowest BCUT2D eigenvalue weighted by Crippen LogP contribution is -2.13. The molecule has 5 nitrogen and oxygen atoms in total. The minimum absolute atomic E-state index is 0.439. The van der Waals surface area contributed by atoms with E-state index < -0.39 is 0 Å². The van der Waals surface area contributed by atoms with Crippen LogP contribution in [-0.2, 0) is 17.8 Å². The van der Waals surface area contributed by atoms with Crippen molar-refractivity contribution < 1.29 is 4.74 Å². The summed E-state index contributed by atoms with van der Waals surface area (Å²) >= 11 is 0. The molecule has 0 radical (unpaired) electrons. The highest BCUT2D eigenvalue weighted by molar-refractivity contribution is 5.34. The van der Waals surface area contributed by atoms with Crippen LogP contribution in [0.25, 0.3) is 0 Å². The highest BCUT2D eigenvalue weighted by Gasteiger charge is 2.06. The van der Waals surface area contributed by atoms with Crippen LogP contribution in [-0.4, -0.2) is 16.6 Å². The lowest BCUT2D eigenvalue weighted by molar-refractivity contribution is 0.116.